The largest absolute Gasteiger partial charge is 0.384 e. The number of nitrogens with zero attached hydrogens (tertiary/aromatic N) is 2. The minimum atomic E-state index is -0.447. The lowest BCUT2D eigenvalue weighted by Crippen LogP contribution is -2.13. The third-order valence-corrected chi connectivity index (χ3v) is 1.70. The Kier molecular flexibility index (Phi) is 5.33. The van der Waals surface area contributed by atoms with Gasteiger partial charge in [0.25, 0.3) is 5.69 Å². The van der Waals surface area contributed by atoms with Crippen LogP contribution in [0.3, 0.4) is 0 Å². The number of nitrogens with two attached hydrogens (primary N) is 1. The van der Waals surface area contributed by atoms with E-state index in [9.17, 15) is 10.1 Å². The summed E-state index contributed by atoms with van der Waals surface area (Å²) < 4.78 is 0. The monoisotopic (exact) mass is 229 g/mol. The Morgan fingerprint density at radius 3 is 2.40 bits per heavy atom. The van der Waals surface area contributed by atoms with Crippen molar-refractivity contribution in [1.29, 1.82) is 0 Å². The molecule has 2 N–H and O–H groups in total. The molecule has 1 aromatic rings. The fourth-order valence-corrected chi connectivity index (χ4v) is 1.02. The molecule has 0 saturated heterocycles. The summed E-state index contributed by atoms with van der Waals surface area (Å²) >= 11 is 0. The van der Waals surface area contributed by atoms with Gasteiger partial charge in [0.2, 0.25) is 0 Å². The van der Waals surface area contributed by atoms with Crippen LogP contribution in [0.25, 0.3) is 0 Å². The van der Waals surface area contributed by atoms with Gasteiger partial charge in [-0.1, -0.05) is 0 Å². The maximum Gasteiger partial charge on any atom is 0.269 e. The van der Waals surface area contributed by atoms with Gasteiger partial charge in [0.05, 0.1) is 4.92 Å². The highest BCUT2D eigenvalue weighted by Crippen LogP contribution is 2.11. The van der Waals surface area contributed by atoms with Crippen LogP contribution in [0.2, 0.25) is 0 Å². The van der Waals surface area contributed by atoms with E-state index < -0.39 is 4.92 Å². The van der Waals surface area contributed by atoms with Crippen LogP contribution >= 0.6 is 12.4 Å². The first kappa shape index (κ1) is 13.4. The Morgan fingerprint density at radius 1 is 1.47 bits per heavy atom. The van der Waals surface area contributed by atoms with Crippen LogP contribution in [0.5, 0.6) is 0 Å². The van der Waals surface area contributed by atoms with Crippen LogP contribution < -0.4 is 5.73 Å². The van der Waals surface area contributed by atoms with Gasteiger partial charge < -0.3 is 5.73 Å². The first-order valence-corrected chi connectivity index (χ1v) is 4.20. The molecular formula is C9H12ClN3O2. The molecule has 0 bridgehead atoms. The third-order valence-electron chi connectivity index (χ3n) is 1.70. The van der Waals surface area contributed by atoms with Gasteiger partial charge in [0.15, 0.2) is 0 Å². The van der Waals surface area contributed by atoms with Crippen LogP contribution in [0.15, 0.2) is 29.3 Å². The molecule has 0 amide bonds. The highest BCUT2D eigenvalue weighted by molar-refractivity contribution is 5.97. The SMILES string of the molecule is CCN=C(N)c1ccc([N+](=O)[O-])cc1.Cl. The molecule has 0 aromatic heterocycles. The number of halogens is 1. The number of nitro groups is 1. The van der Waals surface area contributed by atoms with Crippen LogP contribution in [-0.4, -0.2) is 17.3 Å². The van der Waals surface area contributed by atoms with Crippen molar-refractivity contribution in [3.63, 3.8) is 0 Å². The number of aliphatic imine (C=N–C) groups is 1. The van der Waals surface area contributed by atoms with E-state index in [1.165, 1.54) is 12.1 Å². The molecule has 6 heteroatoms. The molecule has 5 nitrogen and oxygen atoms in total. The summed E-state index contributed by atoms with van der Waals surface area (Å²) in [5.74, 6) is 0.405. The molecule has 0 spiro atoms. The van der Waals surface area contributed by atoms with Gasteiger partial charge in [-0.2, -0.15) is 0 Å². The molecule has 0 aliphatic heterocycles. The van der Waals surface area contributed by atoms with Gasteiger partial charge in [0.1, 0.15) is 5.84 Å². The van der Waals surface area contributed by atoms with E-state index >= 15 is 0 Å². The van der Waals surface area contributed by atoms with Crippen molar-refractivity contribution in [3.8, 4) is 0 Å². The molecule has 0 fully saturated rings. The number of benzene rings is 1. The Labute approximate surface area is 93.6 Å². The Bertz CT molecular complexity index is 362. The fourth-order valence-electron chi connectivity index (χ4n) is 1.02. The van der Waals surface area contributed by atoms with Crippen LogP contribution in [0, 0.1) is 10.1 Å². The third kappa shape index (κ3) is 3.55. The first-order valence-electron chi connectivity index (χ1n) is 4.20. The zero-order valence-corrected chi connectivity index (χ0v) is 9.03. The highest BCUT2D eigenvalue weighted by atomic mass is 35.5. The van der Waals surface area contributed by atoms with Gasteiger partial charge in [0, 0.05) is 24.2 Å². The maximum atomic E-state index is 10.4. The van der Waals surface area contributed by atoms with E-state index in [1.54, 1.807) is 12.1 Å². The zero-order valence-electron chi connectivity index (χ0n) is 8.21. The quantitative estimate of drug-likeness (QED) is 0.371. The van der Waals surface area contributed by atoms with E-state index in [-0.39, 0.29) is 18.1 Å². The lowest BCUT2D eigenvalue weighted by molar-refractivity contribution is -0.384. The van der Waals surface area contributed by atoms with Crippen molar-refractivity contribution in [2.45, 2.75) is 6.92 Å². The van der Waals surface area contributed by atoms with Crippen molar-refractivity contribution in [2.24, 2.45) is 10.7 Å². The minimum absolute atomic E-state index is 0. The fraction of sp³-hybridized carbons (Fsp3) is 0.222. The second-order valence-electron chi connectivity index (χ2n) is 2.66. The van der Waals surface area contributed by atoms with Gasteiger partial charge in [-0.05, 0) is 19.1 Å². The molecule has 0 heterocycles. The van der Waals surface area contributed by atoms with Crippen molar-refractivity contribution in [3.05, 3.63) is 39.9 Å². The Hall–Kier alpha value is -1.62. The van der Waals surface area contributed by atoms with E-state index in [1.807, 2.05) is 6.92 Å². The number of amidine groups is 1. The lowest BCUT2D eigenvalue weighted by Gasteiger charge is -1.99. The summed E-state index contributed by atoms with van der Waals surface area (Å²) in [6.45, 7) is 2.47. The molecule has 0 radical (unpaired) electrons. The Balaban J connectivity index is 0.00000196. The number of hydrogen-bond acceptors (Lipinski definition) is 3. The van der Waals surface area contributed by atoms with E-state index in [0.717, 1.165) is 0 Å². The zero-order chi connectivity index (χ0) is 10.6. The molecular weight excluding hydrogens is 218 g/mol. The highest BCUT2D eigenvalue weighted by Gasteiger charge is 2.04. The number of hydrogen-bond donors (Lipinski definition) is 1. The molecule has 0 saturated carbocycles. The first-order chi connectivity index (χ1) is 6.65. The average molecular weight is 230 g/mol. The summed E-state index contributed by atoms with van der Waals surface area (Å²) in [6, 6.07) is 6.00. The van der Waals surface area contributed by atoms with Crippen molar-refractivity contribution in [2.75, 3.05) is 6.54 Å². The van der Waals surface area contributed by atoms with Crippen molar-refractivity contribution < 1.29 is 4.92 Å². The summed E-state index contributed by atoms with van der Waals surface area (Å²) in [6.07, 6.45) is 0. The molecule has 82 valence electrons. The number of non-ortho nitro benzene ring substituents is 1. The minimum Gasteiger partial charge on any atom is -0.384 e. The standard InChI is InChI=1S/C9H11N3O2.ClH/c1-2-11-9(10)7-3-5-8(6-4-7)12(13)14;/h3-6H,2H2,1H3,(H2,10,11);1H. The van der Waals surface area contributed by atoms with E-state index in [4.69, 9.17) is 5.73 Å². The molecule has 1 rings (SSSR count). The summed E-state index contributed by atoms with van der Waals surface area (Å²) in [5, 5.41) is 10.4. The molecule has 0 aliphatic rings. The molecule has 0 atom stereocenters. The summed E-state index contributed by atoms with van der Waals surface area (Å²) in [7, 11) is 0. The molecule has 0 aliphatic carbocycles. The molecule has 1 aromatic carbocycles. The van der Waals surface area contributed by atoms with E-state index in [2.05, 4.69) is 4.99 Å². The van der Waals surface area contributed by atoms with Crippen molar-refractivity contribution in [1.82, 2.24) is 0 Å². The summed E-state index contributed by atoms with van der Waals surface area (Å²) in [5.41, 5.74) is 6.37. The van der Waals surface area contributed by atoms with Crippen LogP contribution in [0.4, 0.5) is 5.69 Å². The van der Waals surface area contributed by atoms with Crippen molar-refractivity contribution >= 4 is 23.9 Å². The second-order valence-corrected chi connectivity index (χ2v) is 2.66. The average Bonchev–Trinajstić information content (AvgIpc) is 2.18. The van der Waals surface area contributed by atoms with Crippen LogP contribution in [0.1, 0.15) is 12.5 Å². The topological polar surface area (TPSA) is 81.5 Å². The number of nitro benzene ring substituents is 1. The number of rotatable bonds is 3. The predicted molar refractivity (Wildman–Crippen MR) is 61.6 cm³/mol. The lowest BCUT2D eigenvalue weighted by atomic mass is 10.2. The van der Waals surface area contributed by atoms with Gasteiger partial charge in [-0.3, -0.25) is 15.1 Å². The van der Waals surface area contributed by atoms with Crippen LogP contribution in [-0.2, 0) is 0 Å². The Morgan fingerprint density at radius 2 is 2.00 bits per heavy atom. The second kappa shape index (κ2) is 5.98. The van der Waals surface area contributed by atoms with Gasteiger partial charge in [-0.15, -0.1) is 12.4 Å². The maximum absolute atomic E-state index is 10.4. The molecule has 15 heavy (non-hydrogen) atoms. The smallest absolute Gasteiger partial charge is 0.269 e. The van der Waals surface area contributed by atoms with Gasteiger partial charge in [-0.25, -0.2) is 0 Å². The van der Waals surface area contributed by atoms with Gasteiger partial charge >= 0.3 is 0 Å². The van der Waals surface area contributed by atoms with E-state index in [0.29, 0.717) is 17.9 Å². The summed E-state index contributed by atoms with van der Waals surface area (Å²) in [4.78, 5) is 13.9. The molecule has 0 unspecified atom stereocenters. The predicted octanol–water partition coefficient (Wildman–Crippen LogP) is 1.74. The normalized spacial score (nSPS) is 10.6.